The van der Waals surface area contributed by atoms with Crippen LogP contribution in [0.4, 0.5) is 22.0 Å². The molecule has 0 spiro atoms. The van der Waals surface area contributed by atoms with Crippen molar-refractivity contribution in [3.8, 4) is 11.6 Å². The second-order valence-corrected chi connectivity index (χ2v) is 13.1. The molecule has 1 fully saturated rings. The number of halogens is 6. The van der Waals surface area contributed by atoms with Gasteiger partial charge in [-0.05, 0) is 56.6 Å². The van der Waals surface area contributed by atoms with Crippen LogP contribution in [0.2, 0.25) is 5.15 Å². The molecule has 2 aromatic rings. The number of pyridine rings is 1. The summed E-state index contributed by atoms with van der Waals surface area (Å²) in [5.74, 6) is -1.26. The minimum Gasteiger partial charge on any atom is -0.431 e. The molecular formula is C24H30ClF5N4O4S. The average molecular weight is 601 g/mol. The predicted molar refractivity (Wildman–Crippen MR) is 134 cm³/mol. The lowest BCUT2D eigenvalue weighted by Gasteiger charge is -2.27. The molecule has 1 aliphatic rings. The first-order valence-corrected chi connectivity index (χ1v) is 14.5. The molecule has 0 atom stereocenters. The molecule has 3 rings (SSSR count). The van der Waals surface area contributed by atoms with Gasteiger partial charge in [-0.15, -0.1) is 0 Å². The number of aryl methyl sites for hydroxylation is 1. The van der Waals surface area contributed by atoms with Gasteiger partial charge in [0.1, 0.15) is 20.8 Å². The van der Waals surface area contributed by atoms with Crippen molar-refractivity contribution in [3.05, 3.63) is 34.5 Å². The van der Waals surface area contributed by atoms with Crippen LogP contribution < -0.4 is 10.1 Å². The summed E-state index contributed by atoms with van der Waals surface area (Å²) in [6, 6.07) is 1.03. The number of alkyl halides is 5. The van der Waals surface area contributed by atoms with Crippen molar-refractivity contribution in [3.63, 3.8) is 0 Å². The number of aromatic nitrogens is 3. The lowest BCUT2D eigenvalue weighted by molar-refractivity contribution is -0.211. The summed E-state index contributed by atoms with van der Waals surface area (Å²) in [6.07, 6.45) is -0.531. The summed E-state index contributed by atoms with van der Waals surface area (Å²) in [5, 5.41) is 2.09. The highest BCUT2D eigenvalue weighted by Gasteiger charge is 2.47. The number of hydrogen-bond acceptors (Lipinski definition) is 6. The molecule has 0 aromatic carbocycles. The number of nitrogens with one attached hydrogen (secondary N) is 1. The number of rotatable bonds is 9. The third kappa shape index (κ3) is 7.38. The molecule has 0 bridgehead atoms. The predicted octanol–water partition coefficient (Wildman–Crippen LogP) is 5.29. The number of amides is 1. The van der Waals surface area contributed by atoms with Gasteiger partial charge in [0.25, 0.3) is 5.91 Å². The number of sulfone groups is 1. The number of nitrogens with zero attached hydrogens (tertiary/aromatic N) is 3. The van der Waals surface area contributed by atoms with E-state index < -0.39 is 46.1 Å². The van der Waals surface area contributed by atoms with Crippen LogP contribution in [0.5, 0.6) is 5.75 Å². The van der Waals surface area contributed by atoms with E-state index in [1.54, 1.807) is 0 Å². The van der Waals surface area contributed by atoms with Crippen LogP contribution in [0.15, 0.2) is 12.3 Å². The van der Waals surface area contributed by atoms with Gasteiger partial charge >= 0.3 is 12.8 Å². The van der Waals surface area contributed by atoms with Gasteiger partial charge in [0.2, 0.25) is 0 Å². The molecule has 1 saturated carbocycles. The molecular weight excluding hydrogens is 571 g/mol. The van der Waals surface area contributed by atoms with E-state index in [0.29, 0.717) is 25.7 Å². The van der Waals surface area contributed by atoms with E-state index in [0.717, 1.165) is 30.7 Å². The van der Waals surface area contributed by atoms with Crippen LogP contribution in [-0.2, 0) is 16.3 Å². The number of carbonyl (C=O) groups is 1. The Hall–Kier alpha value is -2.48. The lowest BCUT2D eigenvalue weighted by Crippen LogP contribution is -2.34. The summed E-state index contributed by atoms with van der Waals surface area (Å²) in [4.78, 5) is 21.0. The van der Waals surface area contributed by atoms with E-state index in [9.17, 15) is 35.2 Å². The van der Waals surface area contributed by atoms with E-state index in [2.05, 4.69) is 20.0 Å². The summed E-state index contributed by atoms with van der Waals surface area (Å²) < 4.78 is 95.5. The molecule has 0 unspecified atom stereocenters. The Morgan fingerprint density at radius 3 is 2.38 bits per heavy atom. The topological polar surface area (TPSA) is 103 Å². The highest BCUT2D eigenvalue weighted by Crippen LogP contribution is 2.41. The molecule has 2 heterocycles. The molecule has 218 valence electrons. The largest absolute Gasteiger partial charge is 0.431 e. The first kappa shape index (κ1) is 31.1. The second kappa shape index (κ2) is 11.6. The molecule has 0 radical (unpaired) electrons. The Morgan fingerprint density at radius 2 is 1.85 bits per heavy atom. The Bertz CT molecular complexity index is 1310. The van der Waals surface area contributed by atoms with Crippen LogP contribution in [0.3, 0.4) is 0 Å². The highest BCUT2D eigenvalue weighted by atomic mass is 35.5. The molecule has 2 aromatic heterocycles. The molecule has 1 aliphatic carbocycles. The van der Waals surface area contributed by atoms with Crippen molar-refractivity contribution < 1.29 is 39.9 Å². The smallest absolute Gasteiger partial charge is 0.394 e. The molecule has 1 amide bonds. The average Bonchev–Trinajstić information content (AvgIpc) is 3.10. The second-order valence-electron chi connectivity index (χ2n) is 10.4. The molecule has 8 nitrogen and oxygen atoms in total. The first-order chi connectivity index (χ1) is 17.9. The molecule has 1 N–H and O–H groups in total. The quantitative estimate of drug-likeness (QED) is 0.392. The van der Waals surface area contributed by atoms with Gasteiger partial charge in [-0.1, -0.05) is 25.4 Å². The minimum atomic E-state index is -4.55. The number of imidazole rings is 1. The van der Waals surface area contributed by atoms with Gasteiger partial charge in [0, 0.05) is 19.0 Å². The molecule has 39 heavy (non-hydrogen) atoms. The maximum atomic E-state index is 13.3. The van der Waals surface area contributed by atoms with Gasteiger partial charge < -0.3 is 10.1 Å². The van der Waals surface area contributed by atoms with Crippen LogP contribution in [0.25, 0.3) is 5.82 Å². The number of carbonyl (C=O) groups excluding carboxylic acids is 1. The van der Waals surface area contributed by atoms with Gasteiger partial charge in [0.05, 0.1) is 10.7 Å². The van der Waals surface area contributed by atoms with Gasteiger partial charge in [-0.2, -0.15) is 22.0 Å². The highest BCUT2D eigenvalue weighted by molar-refractivity contribution is 7.91. The fraction of sp³-hybridized carbons (Fsp3) is 0.625. The zero-order valence-electron chi connectivity index (χ0n) is 21.8. The number of ether oxygens (including phenoxy) is 1. The summed E-state index contributed by atoms with van der Waals surface area (Å²) in [6.45, 7) is 0.365. The lowest BCUT2D eigenvalue weighted by atomic mass is 9.85. The maximum absolute atomic E-state index is 13.3. The van der Waals surface area contributed by atoms with Crippen molar-refractivity contribution in [2.75, 3.05) is 12.8 Å². The van der Waals surface area contributed by atoms with E-state index >= 15 is 0 Å². The molecule has 15 heteroatoms. The van der Waals surface area contributed by atoms with Gasteiger partial charge in [0.15, 0.2) is 17.3 Å². The monoisotopic (exact) mass is 600 g/mol. The van der Waals surface area contributed by atoms with Gasteiger partial charge in [-0.3, -0.25) is 9.36 Å². The SMILES string of the molecule is Cc1nc(C(=O)NCC2CCC(S(C)(=O)=O)CC2)c(Cl)n1-c1ncc(CC(C)(C)C(F)(F)F)cc1OC(F)F. The first-order valence-electron chi connectivity index (χ1n) is 12.1. The Kier molecular flexibility index (Phi) is 9.20. The van der Waals surface area contributed by atoms with E-state index in [1.165, 1.54) is 13.2 Å². The fourth-order valence-electron chi connectivity index (χ4n) is 4.52. The van der Waals surface area contributed by atoms with Crippen molar-refractivity contribution in [1.82, 2.24) is 19.9 Å². The van der Waals surface area contributed by atoms with Gasteiger partial charge in [-0.25, -0.2) is 18.4 Å². The van der Waals surface area contributed by atoms with E-state index in [1.807, 2.05) is 0 Å². The van der Waals surface area contributed by atoms with E-state index in [4.69, 9.17) is 11.6 Å². The molecule has 0 aliphatic heterocycles. The van der Waals surface area contributed by atoms with Crippen LogP contribution >= 0.6 is 11.6 Å². The Labute approximate surface area is 228 Å². The Morgan fingerprint density at radius 1 is 1.23 bits per heavy atom. The van der Waals surface area contributed by atoms with Crippen LogP contribution in [0, 0.1) is 18.3 Å². The van der Waals surface area contributed by atoms with Crippen molar-refractivity contribution in [1.29, 1.82) is 0 Å². The standard InChI is InChI=1S/C24H30ClF5N4O4S/c1-13-33-18(21(35)32-11-14-5-7-16(8-6-14)39(4,36)37)19(25)34(13)20-17(38-22(26)27)9-15(12-31-20)10-23(2,3)24(28,29)30/h9,12,14,16,22H,5-8,10-11H2,1-4H3,(H,32,35). The minimum absolute atomic E-state index is 0.00850. The summed E-state index contributed by atoms with van der Waals surface area (Å²) >= 11 is 6.41. The van der Waals surface area contributed by atoms with Crippen LogP contribution in [-0.4, -0.2) is 59.7 Å². The summed E-state index contributed by atoms with van der Waals surface area (Å²) in [7, 11) is -3.12. The Balaban J connectivity index is 1.82. The summed E-state index contributed by atoms with van der Waals surface area (Å²) in [5.41, 5.74) is -2.35. The third-order valence-corrected chi connectivity index (χ3v) is 8.92. The van der Waals surface area contributed by atoms with Crippen molar-refractivity contribution in [2.24, 2.45) is 11.3 Å². The maximum Gasteiger partial charge on any atom is 0.394 e. The zero-order valence-corrected chi connectivity index (χ0v) is 23.4. The number of hydrogen-bond donors (Lipinski definition) is 1. The van der Waals surface area contributed by atoms with Crippen LogP contribution in [0.1, 0.15) is 61.4 Å². The van der Waals surface area contributed by atoms with E-state index in [-0.39, 0.29) is 45.8 Å². The third-order valence-electron chi connectivity index (χ3n) is 6.89. The zero-order chi connectivity index (χ0) is 29.3. The molecule has 0 saturated heterocycles. The fourth-order valence-corrected chi connectivity index (χ4v) is 5.98. The van der Waals surface area contributed by atoms with Crippen molar-refractivity contribution in [2.45, 2.75) is 70.9 Å². The van der Waals surface area contributed by atoms with Crippen molar-refractivity contribution >= 4 is 27.3 Å². The normalized spacial score (nSPS) is 18.8.